The molecule has 2 aliphatic heterocycles. The fourth-order valence-corrected chi connectivity index (χ4v) is 8.87. The number of rotatable bonds is 8. The van der Waals surface area contributed by atoms with Gasteiger partial charge < -0.3 is 25.0 Å². The summed E-state index contributed by atoms with van der Waals surface area (Å²) in [7, 11) is -2.23. The van der Waals surface area contributed by atoms with Crippen LogP contribution in [-0.4, -0.2) is 78.7 Å². The number of carbonyl (C=O) groups is 3. The van der Waals surface area contributed by atoms with Crippen molar-refractivity contribution in [3.8, 4) is 11.6 Å². The van der Waals surface area contributed by atoms with Crippen molar-refractivity contribution in [3.63, 3.8) is 0 Å². The van der Waals surface area contributed by atoms with Gasteiger partial charge in [0.25, 0.3) is 5.91 Å². The van der Waals surface area contributed by atoms with E-state index in [2.05, 4.69) is 20.3 Å². The Morgan fingerprint density at radius 1 is 0.980 bits per heavy atom. The number of pyridine rings is 1. The van der Waals surface area contributed by atoms with E-state index in [0.29, 0.717) is 43.7 Å². The molecule has 5 atom stereocenters. The van der Waals surface area contributed by atoms with Gasteiger partial charge in [-0.1, -0.05) is 56.4 Å². The van der Waals surface area contributed by atoms with Crippen LogP contribution in [0.2, 0.25) is 0 Å². The highest BCUT2D eigenvalue weighted by Gasteiger charge is 2.62. The number of hydrogen-bond donors (Lipinski definition) is 3. The maximum absolute atomic E-state index is 14.6. The molecule has 3 amide bonds. The minimum absolute atomic E-state index is 0.136. The number of carbonyl (C=O) groups excluding carboxylic acids is 3. The highest BCUT2D eigenvalue weighted by molar-refractivity contribution is 7.91. The number of sulfonamides is 1. The number of ether oxygens (including phenoxy) is 2. The van der Waals surface area contributed by atoms with Gasteiger partial charge in [0.2, 0.25) is 27.7 Å². The van der Waals surface area contributed by atoms with Gasteiger partial charge in [0.15, 0.2) is 0 Å². The summed E-state index contributed by atoms with van der Waals surface area (Å²) >= 11 is 0. The zero-order valence-corrected chi connectivity index (χ0v) is 29.1. The summed E-state index contributed by atoms with van der Waals surface area (Å²) in [6.45, 7) is 0.136. The first-order valence-electron chi connectivity index (χ1n) is 17.8. The monoisotopic (exact) mass is 703 g/mol. The molecule has 2 saturated heterocycles. The van der Waals surface area contributed by atoms with Crippen molar-refractivity contribution in [1.29, 1.82) is 0 Å². The van der Waals surface area contributed by atoms with Gasteiger partial charge in [-0.25, -0.2) is 13.4 Å². The van der Waals surface area contributed by atoms with Gasteiger partial charge in [-0.15, -0.1) is 0 Å². The van der Waals surface area contributed by atoms with Crippen LogP contribution in [0.3, 0.4) is 0 Å². The van der Waals surface area contributed by atoms with Crippen LogP contribution in [0.25, 0.3) is 10.8 Å². The summed E-state index contributed by atoms with van der Waals surface area (Å²) in [6, 6.07) is 15.4. The molecule has 3 aromatic rings. The number of nitrogens with one attached hydrogen (secondary N) is 3. The summed E-state index contributed by atoms with van der Waals surface area (Å²) in [6.07, 6.45) is 8.45. The molecule has 12 nitrogen and oxygen atoms in total. The number of aromatic nitrogens is 1. The summed E-state index contributed by atoms with van der Waals surface area (Å²) in [5.41, 5.74) is -0.621. The third kappa shape index (κ3) is 7.24. The molecule has 3 N–H and O–H groups in total. The van der Waals surface area contributed by atoms with E-state index in [-0.39, 0.29) is 24.8 Å². The number of nitrogens with zero attached hydrogens (tertiary/aromatic N) is 2. The minimum atomic E-state index is -3.82. The second-order valence-electron chi connectivity index (χ2n) is 14.1. The first-order chi connectivity index (χ1) is 24.2. The number of amides is 3. The Kier molecular flexibility index (Phi) is 9.60. The Morgan fingerprint density at radius 3 is 2.56 bits per heavy atom. The van der Waals surface area contributed by atoms with E-state index in [0.717, 1.165) is 48.6 Å². The average molecular weight is 704 g/mol. The predicted molar refractivity (Wildman–Crippen MR) is 188 cm³/mol. The minimum Gasteiger partial charge on any atom is -0.497 e. The average Bonchev–Trinajstić information content (AvgIpc) is 4.04. The molecule has 0 radical (unpaired) electrons. The van der Waals surface area contributed by atoms with Crippen molar-refractivity contribution in [2.75, 3.05) is 19.0 Å². The molecular formula is C37H45N5O7S. The van der Waals surface area contributed by atoms with Gasteiger partial charge in [0.1, 0.15) is 29.5 Å². The molecule has 2 aromatic carbocycles. The van der Waals surface area contributed by atoms with Crippen LogP contribution >= 0.6 is 0 Å². The lowest BCUT2D eigenvalue weighted by molar-refractivity contribution is -0.140. The topological polar surface area (TPSA) is 156 Å². The van der Waals surface area contributed by atoms with E-state index in [4.69, 9.17) is 9.47 Å². The predicted octanol–water partition coefficient (Wildman–Crippen LogP) is 4.30. The molecule has 7 rings (SSSR count). The molecule has 2 saturated carbocycles. The number of methoxy groups -OCH3 is 1. The summed E-state index contributed by atoms with van der Waals surface area (Å²) in [4.78, 5) is 48.7. The van der Waals surface area contributed by atoms with Crippen LogP contribution < -0.4 is 24.8 Å². The molecule has 13 heteroatoms. The van der Waals surface area contributed by atoms with Crippen molar-refractivity contribution < 1.29 is 32.3 Å². The molecule has 0 bridgehead atoms. The third-order valence-corrected chi connectivity index (χ3v) is 12.4. The number of hydrogen-bond acceptors (Lipinski definition) is 9. The lowest BCUT2D eigenvalue weighted by Gasteiger charge is -2.30. The molecule has 4 fully saturated rings. The van der Waals surface area contributed by atoms with Gasteiger partial charge in [-0.2, -0.15) is 0 Å². The summed E-state index contributed by atoms with van der Waals surface area (Å²) in [5, 5.41) is 7.60. The van der Waals surface area contributed by atoms with E-state index >= 15 is 0 Å². The Labute approximate surface area is 292 Å². The third-order valence-electron chi connectivity index (χ3n) is 10.6. The highest BCUT2D eigenvalue weighted by atomic mass is 32.2. The second-order valence-corrected chi connectivity index (χ2v) is 16.1. The molecule has 0 unspecified atom stereocenters. The fraction of sp³-hybridized carbons (Fsp3) is 0.514. The number of fused-ring (bicyclic) bond motifs is 3. The molecular weight excluding hydrogens is 659 g/mol. The van der Waals surface area contributed by atoms with Crippen LogP contribution in [-0.2, 0) is 24.4 Å². The molecule has 50 heavy (non-hydrogen) atoms. The SMILES string of the molecule is COc1cccc(N[C@H]2CCCCCCC[C@@H]3C[C@@]3(C(=O)NS(=O)(=O)C3CC3)NC(=O)[C@@H]3C[C@@H](Oc4nccc5ccccc45)CN3C2=O)c1. The highest BCUT2D eigenvalue weighted by Crippen LogP contribution is 2.48. The Balaban J connectivity index is 1.19. The van der Waals surface area contributed by atoms with Crippen LogP contribution in [0.4, 0.5) is 5.69 Å². The first kappa shape index (κ1) is 34.1. The van der Waals surface area contributed by atoms with Gasteiger partial charge in [-0.05, 0) is 67.7 Å². The lowest BCUT2D eigenvalue weighted by Crippen LogP contribution is -2.57. The first-order valence-corrected chi connectivity index (χ1v) is 19.3. The van der Waals surface area contributed by atoms with Crippen LogP contribution in [0.15, 0.2) is 60.8 Å². The number of anilines is 1. The molecule has 1 aromatic heterocycles. The van der Waals surface area contributed by atoms with Crippen LogP contribution in [0.1, 0.15) is 70.6 Å². The number of benzene rings is 2. The van der Waals surface area contributed by atoms with Crippen LogP contribution in [0.5, 0.6) is 11.6 Å². The van der Waals surface area contributed by atoms with E-state index < -0.39 is 50.8 Å². The van der Waals surface area contributed by atoms with Crippen molar-refractivity contribution in [1.82, 2.24) is 19.9 Å². The Hall–Kier alpha value is -4.39. The van der Waals surface area contributed by atoms with E-state index in [1.807, 2.05) is 54.6 Å². The molecule has 3 heterocycles. The molecule has 266 valence electrons. The zero-order chi connectivity index (χ0) is 34.9. The molecule has 2 aliphatic carbocycles. The zero-order valence-electron chi connectivity index (χ0n) is 28.3. The van der Waals surface area contributed by atoms with Gasteiger partial charge in [0.05, 0.1) is 18.9 Å². The smallest absolute Gasteiger partial charge is 0.259 e. The largest absolute Gasteiger partial charge is 0.497 e. The normalized spacial score (nSPS) is 27.6. The van der Waals surface area contributed by atoms with Gasteiger partial charge in [-0.3, -0.25) is 19.1 Å². The Morgan fingerprint density at radius 2 is 1.76 bits per heavy atom. The molecule has 0 spiro atoms. The van der Waals surface area contributed by atoms with Crippen LogP contribution in [0, 0.1) is 5.92 Å². The van der Waals surface area contributed by atoms with Gasteiger partial charge >= 0.3 is 0 Å². The second kappa shape index (κ2) is 14.1. The van der Waals surface area contributed by atoms with Crippen molar-refractivity contribution in [3.05, 3.63) is 60.8 Å². The van der Waals surface area contributed by atoms with Crippen molar-refractivity contribution in [2.45, 2.75) is 99.6 Å². The maximum Gasteiger partial charge on any atom is 0.259 e. The summed E-state index contributed by atoms with van der Waals surface area (Å²) in [5.74, 6) is -0.550. The van der Waals surface area contributed by atoms with E-state index in [1.165, 1.54) is 0 Å². The Bertz CT molecular complexity index is 1860. The standard InChI is InChI=1S/C37H45N5O7S/c1-48-27-13-9-12-26(20-27)39-31-15-6-4-2-3-5-11-25-22-37(25,36(45)41-50(46,47)29-16-17-29)40-33(43)32-21-28(23-42(32)35(31)44)49-34-30-14-8-7-10-24(30)18-19-38-34/h7-10,12-14,18-20,25,28-29,31-32,39H,2-6,11,15-17,21-23H2,1H3,(H,40,43)(H,41,45)/t25-,28-,31+,32+,37-/m1/s1. The quantitative estimate of drug-likeness (QED) is 0.312. The maximum atomic E-state index is 14.6. The van der Waals surface area contributed by atoms with Crippen molar-refractivity contribution in [2.24, 2.45) is 5.92 Å². The van der Waals surface area contributed by atoms with E-state index in [1.54, 1.807) is 18.2 Å². The van der Waals surface area contributed by atoms with Gasteiger partial charge in [0, 0.05) is 29.8 Å². The van der Waals surface area contributed by atoms with E-state index in [9.17, 15) is 22.8 Å². The fourth-order valence-electron chi connectivity index (χ4n) is 7.51. The molecule has 4 aliphatic rings. The summed E-state index contributed by atoms with van der Waals surface area (Å²) < 4.78 is 39.8. The lowest BCUT2D eigenvalue weighted by atomic mass is 10.0. The van der Waals surface area contributed by atoms with Crippen molar-refractivity contribution >= 4 is 44.2 Å².